The number of nitrogens with two attached hydrogens (primary N) is 1. The minimum atomic E-state index is -1.12. The summed E-state index contributed by atoms with van der Waals surface area (Å²) in [7, 11) is -1.12. The topological polar surface area (TPSA) is 43.1 Å². The van der Waals surface area contributed by atoms with Crippen LogP contribution in [0.15, 0.2) is 58.3 Å². The standard InChI is InChI=1S/C13H13NOS/c1-10-4-2-3-5-13(10)16(15)12-8-6-11(14)7-9-12/h2-9H,14H2,1H3. The van der Waals surface area contributed by atoms with E-state index in [2.05, 4.69) is 0 Å². The zero-order valence-electron chi connectivity index (χ0n) is 9.01. The second-order valence-electron chi connectivity index (χ2n) is 3.60. The molecule has 2 rings (SSSR count). The van der Waals surface area contributed by atoms with Crippen molar-refractivity contribution in [2.24, 2.45) is 0 Å². The fourth-order valence-electron chi connectivity index (χ4n) is 1.48. The Labute approximate surface area is 97.6 Å². The molecule has 0 aliphatic carbocycles. The molecule has 0 aliphatic rings. The molecule has 0 heterocycles. The summed E-state index contributed by atoms with van der Waals surface area (Å²) in [6.07, 6.45) is 0. The first kappa shape index (κ1) is 10.9. The third-order valence-electron chi connectivity index (χ3n) is 2.39. The summed E-state index contributed by atoms with van der Waals surface area (Å²) in [5, 5.41) is 0. The van der Waals surface area contributed by atoms with E-state index in [0.717, 1.165) is 15.4 Å². The van der Waals surface area contributed by atoms with Crippen LogP contribution in [-0.4, -0.2) is 4.21 Å². The maximum absolute atomic E-state index is 12.2. The molecular formula is C13H13NOS. The Morgan fingerprint density at radius 1 is 1.00 bits per heavy atom. The van der Waals surface area contributed by atoms with Gasteiger partial charge in [0.05, 0.1) is 10.8 Å². The molecule has 2 aromatic carbocycles. The van der Waals surface area contributed by atoms with Crippen LogP contribution in [0.5, 0.6) is 0 Å². The number of hydrogen-bond donors (Lipinski definition) is 1. The molecule has 0 aromatic heterocycles. The lowest BCUT2D eigenvalue weighted by atomic mass is 10.2. The van der Waals surface area contributed by atoms with Crippen molar-refractivity contribution in [2.45, 2.75) is 16.7 Å². The number of hydrogen-bond acceptors (Lipinski definition) is 2. The Hall–Kier alpha value is -1.61. The van der Waals surface area contributed by atoms with E-state index in [1.54, 1.807) is 24.3 Å². The van der Waals surface area contributed by atoms with Crippen LogP contribution >= 0.6 is 0 Å². The van der Waals surface area contributed by atoms with Crippen molar-refractivity contribution >= 4 is 16.5 Å². The lowest BCUT2D eigenvalue weighted by Crippen LogP contribution is -1.95. The van der Waals surface area contributed by atoms with Crippen LogP contribution in [0, 0.1) is 6.92 Å². The predicted octanol–water partition coefficient (Wildman–Crippen LogP) is 2.74. The molecule has 0 aliphatic heterocycles. The average molecular weight is 231 g/mol. The number of benzene rings is 2. The molecule has 0 saturated carbocycles. The minimum Gasteiger partial charge on any atom is -0.399 e. The molecule has 0 saturated heterocycles. The molecule has 2 aromatic rings. The van der Waals surface area contributed by atoms with Gasteiger partial charge in [-0.15, -0.1) is 0 Å². The Bertz CT molecular complexity index is 520. The van der Waals surface area contributed by atoms with Gasteiger partial charge in [0.15, 0.2) is 0 Å². The first-order valence-electron chi connectivity index (χ1n) is 5.01. The zero-order chi connectivity index (χ0) is 11.5. The van der Waals surface area contributed by atoms with Gasteiger partial charge < -0.3 is 5.73 Å². The van der Waals surface area contributed by atoms with Crippen LogP contribution in [0.2, 0.25) is 0 Å². The van der Waals surface area contributed by atoms with Crippen molar-refractivity contribution in [3.63, 3.8) is 0 Å². The Morgan fingerprint density at radius 2 is 1.62 bits per heavy atom. The minimum absolute atomic E-state index is 0.686. The summed E-state index contributed by atoms with van der Waals surface area (Å²) in [4.78, 5) is 1.63. The van der Waals surface area contributed by atoms with Crippen LogP contribution in [0.1, 0.15) is 5.56 Å². The van der Waals surface area contributed by atoms with Gasteiger partial charge in [-0.2, -0.15) is 0 Å². The maximum atomic E-state index is 12.2. The highest BCUT2D eigenvalue weighted by Crippen LogP contribution is 2.20. The zero-order valence-corrected chi connectivity index (χ0v) is 9.83. The molecule has 0 spiro atoms. The number of rotatable bonds is 2. The summed E-state index contributed by atoms with van der Waals surface area (Å²) in [6, 6.07) is 14.8. The average Bonchev–Trinajstić information content (AvgIpc) is 2.30. The lowest BCUT2D eigenvalue weighted by Gasteiger charge is -2.05. The molecule has 1 atom stereocenters. The third-order valence-corrected chi connectivity index (χ3v) is 3.95. The molecule has 3 heteroatoms. The largest absolute Gasteiger partial charge is 0.399 e. The smallest absolute Gasteiger partial charge is 0.0852 e. The molecule has 2 N–H and O–H groups in total. The van der Waals surface area contributed by atoms with Crippen LogP contribution in [0.3, 0.4) is 0 Å². The number of aryl methyl sites for hydroxylation is 1. The Kier molecular flexibility index (Phi) is 3.06. The number of nitrogen functional groups attached to an aromatic ring is 1. The van der Waals surface area contributed by atoms with Gasteiger partial charge in [0, 0.05) is 15.5 Å². The molecule has 0 amide bonds. The highest BCUT2D eigenvalue weighted by Gasteiger charge is 2.08. The normalized spacial score (nSPS) is 12.3. The maximum Gasteiger partial charge on any atom is 0.0852 e. The van der Waals surface area contributed by atoms with Gasteiger partial charge in [-0.25, -0.2) is 4.21 Å². The predicted molar refractivity (Wildman–Crippen MR) is 66.7 cm³/mol. The fourth-order valence-corrected chi connectivity index (χ4v) is 2.68. The quantitative estimate of drug-likeness (QED) is 0.808. The van der Waals surface area contributed by atoms with E-state index in [1.165, 1.54) is 0 Å². The first-order valence-corrected chi connectivity index (χ1v) is 6.16. The third kappa shape index (κ3) is 2.14. The van der Waals surface area contributed by atoms with E-state index < -0.39 is 10.8 Å². The van der Waals surface area contributed by atoms with Crippen molar-refractivity contribution in [2.75, 3.05) is 5.73 Å². The van der Waals surface area contributed by atoms with Crippen molar-refractivity contribution < 1.29 is 4.21 Å². The van der Waals surface area contributed by atoms with Crippen LogP contribution in [0.25, 0.3) is 0 Å². The van der Waals surface area contributed by atoms with Crippen molar-refractivity contribution in [1.82, 2.24) is 0 Å². The van der Waals surface area contributed by atoms with Crippen LogP contribution < -0.4 is 5.73 Å². The molecule has 0 bridgehead atoms. The van der Waals surface area contributed by atoms with Crippen LogP contribution in [0.4, 0.5) is 5.69 Å². The van der Waals surface area contributed by atoms with E-state index >= 15 is 0 Å². The molecule has 16 heavy (non-hydrogen) atoms. The molecule has 82 valence electrons. The van der Waals surface area contributed by atoms with Gasteiger partial charge >= 0.3 is 0 Å². The molecule has 0 fully saturated rings. The highest BCUT2D eigenvalue weighted by molar-refractivity contribution is 7.85. The molecule has 2 nitrogen and oxygen atoms in total. The lowest BCUT2D eigenvalue weighted by molar-refractivity contribution is 0.682. The van der Waals surface area contributed by atoms with Crippen molar-refractivity contribution in [3.8, 4) is 0 Å². The van der Waals surface area contributed by atoms with E-state index in [-0.39, 0.29) is 0 Å². The van der Waals surface area contributed by atoms with E-state index in [0.29, 0.717) is 5.69 Å². The summed E-state index contributed by atoms with van der Waals surface area (Å²) < 4.78 is 12.2. The second kappa shape index (κ2) is 4.49. The van der Waals surface area contributed by atoms with Gasteiger partial charge in [-0.1, -0.05) is 18.2 Å². The SMILES string of the molecule is Cc1ccccc1S(=O)c1ccc(N)cc1. The molecule has 1 unspecified atom stereocenters. The van der Waals surface area contributed by atoms with Crippen LogP contribution in [-0.2, 0) is 10.8 Å². The van der Waals surface area contributed by atoms with E-state index in [9.17, 15) is 4.21 Å². The molecule has 0 radical (unpaired) electrons. The summed E-state index contributed by atoms with van der Waals surface area (Å²) in [5.74, 6) is 0. The second-order valence-corrected chi connectivity index (χ2v) is 5.05. The Morgan fingerprint density at radius 3 is 2.25 bits per heavy atom. The monoisotopic (exact) mass is 231 g/mol. The van der Waals surface area contributed by atoms with Crippen molar-refractivity contribution in [1.29, 1.82) is 0 Å². The molecular weight excluding hydrogens is 218 g/mol. The van der Waals surface area contributed by atoms with Gasteiger partial charge in [-0.3, -0.25) is 0 Å². The highest BCUT2D eigenvalue weighted by atomic mass is 32.2. The number of anilines is 1. The Balaban J connectivity index is 2.40. The van der Waals surface area contributed by atoms with Crippen molar-refractivity contribution in [3.05, 3.63) is 54.1 Å². The van der Waals surface area contributed by atoms with Gasteiger partial charge in [0.25, 0.3) is 0 Å². The fraction of sp³-hybridized carbons (Fsp3) is 0.0769. The van der Waals surface area contributed by atoms with Gasteiger partial charge in [0.1, 0.15) is 0 Å². The summed E-state index contributed by atoms with van der Waals surface area (Å²) in [6.45, 7) is 1.96. The van der Waals surface area contributed by atoms with Gasteiger partial charge in [0.2, 0.25) is 0 Å². The van der Waals surface area contributed by atoms with E-state index in [4.69, 9.17) is 5.73 Å². The summed E-state index contributed by atoms with van der Waals surface area (Å²) in [5.41, 5.74) is 7.32. The van der Waals surface area contributed by atoms with E-state index in [1.807, 2.05) is 31.2 Å². The van der Waals surface area contributed by atoms with Gasteiger partial charge in [-0.05, 0) is 42.8 Å². The summed E-state index contributed by atoms with van der Waals surface area (Å²) >= 11 is 0. The first-order chi connectivity index (χ1) is 7.68.